The summed E-state index contributed by atoms with van der Waals surface area (Å²) in [6.45, 7) is 1.91. The van der Waals surface area contributed by atoms with Gasteiger partial charge in [-0.25, -0.2) is 4.98 Å². The van der Waals surface area contributed by atoms with Crippen LogP contribution in [0.3, 0.4) is 0 Å². The molecule has 1 atom stereocenters. The Morgan fingerprint density at radius 1 is 1.24 bits per heavy atom. The number of benzene rings is 1. The van der Waals surface area contributed by atoms with Crippen molar-refractivity contribution in [1.29, 1.82) is 0 Å². The highest BCUT2D eigenvalue weighted by Gasteiger charge is 2.13. The van der Waals surface area contributed by atoms with Crippen LogP contribution >= 0.6 is 23.2 Å². The number of hydrogen-bond acceptors (Lipinski definition) is 2. The van der Waals surface area contributed by atoms with Crippen molar-refractivity contribution in [1.82, 2.24) is 9.55 Å². The Labute approximate surface area is 109 Å². The minimum atomic E-state index is -0.331. The van der Waals surface area contributed by atoms with E-state index >= 15 is 0 Å². The molecule has 88 valence electrons. The van der Waals surface area contributed by atoms with Crippen LogP contribution in [0.25, 0.3) is 0 Å². The number of aromatic nitrogens is 2. The monoisotopic (exact) mass is 268 g/mol. The van der Waals surface area contributed by atoms with Crippen molar-refractivity contribution < 1.29 is 0 Å². The summed E-state index contributed by atoms with van der Waals surface area (Å²) in [5.74, 6) is 0. The normalized spacial score (nSPS) is 12.4. The van der Waals surface area contributed by atoms with E-state index in [1.54, 1.807) is 0 Å². The van der Waals surface area contributed by atoms with Gasteiger partial charge in [0.15, 0.2) is 5.15 Å². The van der Waals surface area contributed by atoms with Gasteiger partial charge in [-0.2, -0.15) is 0 Å². The van der Waals surface area contributed by atoms with Gasteiger partial charge in [0.05, 0.1) is 12.4 Å². The summed E-state index contributed by atoms with van der Waals surface area (Å²) in [5.41, 5.74) is 0.679. The molecule has 2 rings (SSSR count). The van der Waals surface area contributed by atoms with Crippen LogP contribution in [0.2, 0.25) is 10.2 Å². The van der Waals surface area contributed by atoms with E-state index in [9.17, 15) is 4.79 Å². The first-order valence-corrected chi connectivity index (χ1v) is 5.84. The first-order chi connectivity index (χ1) is 8.11. The molecule has 1 heterocycles. The van der Waals surface area contributed by atoms with Gasteiger partial charge in [0.25, 0.3) is 5.56 Å². The Morgan fingerprint density at radius 2 is 1.88 bits per heavy atom. The van der Waals surface area contributed by atoms with E-state index in [4.69, 9.17) is 23.2 Å². The molecular formula is C12H10Cl2N2O. The molecule has 3 nitrogen and oxygen atoms in total. The zero-order chi connectivity index (χ0) is 12.4. The van der Waals surface area contributed by atoms with Gasteiger partial charge < -0.3 is 0 Å². The van der Waals surface area contributed by atoms with E-state index in [0.717, 1.165) is 5.56 Å². The summed E-state index contributed by atoms with van der Waals surface area (Å²) < 4.78 is 1.46. The van der Waals surface area contributed by atoms with Crippen molar-refractivity contribution in [3.05, 3.63) is 62.8 Å². The molecule has 2 aromatic rings. The zero-order valence-electron chi connectivity index (χ0n) is 9.10. The summed E-state index contributed by atoms with van der Waals surface area (Å²) in [4.78, 5) is 15.8. The van der Waals surface area contributed by atoms with Crippen LogP contribution in [0.5, 0.6) is 0 Å². The van der Waals surface area contributed by atoms with Gasteiger partial charge in [-0.05, 0) is 12.5 Å². The number of rotatable bonds is 2. The average molecular weight is 269 g/mol. The fourth-order valence-electron chi connectivity index (χ4n) is 1.59. The molecule has 0 aliphatic carbocycles. The molecule has 1 unspecified atom stereocenters. The smallest absolute Gasteiger partial charge is 0.274 e. The van der Waals surface area contributed by atoms with Gasteiger partial charge in [0.2, 0.25) is 0 Å². The molecule has 5 heteroatoms. The topological polar surface area (TPSA) is 34.9 Å². The Bertz CT molecular complexity index is 581. The quantitative estimate of drug-likeness (QED) is 0.785. The molecule has 0 spiro atoms. The molecule has 17 heavy (non-hydrogen) atoms. The van der Waals surface area contributed by atoms with E-state index in [2.05, 4.69) is 4.98 Å². The summed E-state index contributed by atoms with van der Waals surface area (Å²) in [7, 11) is 0. The molecule has 0 saturated carbocycles. The Balaban J connectivity index is 2.49. The van der Waals surface area contributed by atoms with Crippen LogP contribution < -0.4 is 5.56 Å². The van der Waals surface area contributed by atoms with Crippen molar-refractivity contribution in [3.8, 4) is 0 Å². The van der Waals surface area contributed by atoms with E-state index in [0.29, 0.717) is 0 Å². The van der Waals surface area contributed by atoms with Crippen LogP contribution in [0.1, 0.15) is 18.5 Å². The molecule has 1 aromatic carbocycles. The lowest BCUT2D eigenvalue weighted by Gasteiger charge is -2.15. The fraction of sp³-hybridized carbons (Fsp3) is 0.167. The summed E-state index contributed by atoms with van der Waals surface area (Å²) in [5, 5.41) is -0.00914. The van der Waals surface area contributed by atoms with E-state index < -0.39 is 0 Å². The van der Waals surface area contributed by atoms with Crippen molar-refractivity contribution in [2.75, 3.05) is 0 Å². The lowest BCUT2D eigenvalue weighted by Crippen LogP contribution is -2.24. The predicted molar refractivity (Wildman–Crippen MR) is 68.8 cm³/mol. The summed E-state index contributed by atoms with van der Waals surface area (Å²) >= 11 is 11.5. The second-order valence-corrected chi connectivity index (χ2v) is 4.38. The maximum atomic E-state index is 11.9. The van der Waals surface area contributed by atoms with Crippen molar-refractivity contribution in [2.24, 2.45) is 0 Å². The third-order valence-electron chi connectivity index (χ3n) is 2.60. The first kappa shape index (κ1) is 12.1. The first-order valence-electron chi connectivity index (χ1n) is 5.08. The summed E-state index contributed by atoms with van der Waals surface area (Å²) in [6.07, 6.45) is 1.41. The third-order valence-corrected chi connectivity index (χ3v) is 3.32. The van der Waals surface area contributed by atoms with Gasteiger partial charge in [0.1, 0.15) is 5.02 Å². The van der Waals surface area contributed by atoms with Crippen LogP contribution in [0, 0.1) is 0 Å². The van der Waals surface area contributed by atoms with Gasteiger partial charge in [-0.3, -0.25) is 9.36 Å². The van der Waals surface area contributed by atoms with E-state index in [1.807, 2.05) is 37.3 Å². The largest absolute Gasteiger partial charge is 0.291 e. The molecule has 0 N–H and O–H groups in total. The molecule has 0 fully saturated rings. The van der Waals surface area contributed by atoms with E-state index in [-0.39, 0.29) is 21.8 Å². The minimum absolute atomic E-state index is 0.0354. The lowest BCUT2D eigenvalue weighted by molar-refractivity contribution is 0.602. The average Bonchev–Trinajstić information content (AvgIpc) is 2.36. The number of nitrogens with zero attached hydrogens (tertiary/aromatic N) is 2. The second-order valence-electron chi connectivity index (χ2n) is 3.65. The summed E-state index contributed by atoms with van der Waals surface area (Å²) in [6, 6.07) is 9.51. The standard InChI is InChI=1S/C12H10Cl2N2O/c1-8(9-5-3-2-4-6-9)16-7-15-11(14)10(13)12(16)17/h2-8H,1H3. The maximum Gasteiger partial charge on any atom is 0.274 e. The Morgan fingerprint density at radius 3 is 2.53 bits per heavy atom. The highest BCUT2D eigenvalue weighted by molar-refractivity contribution is 6.40. The van der Waals surface area contributed by atoms with Crippen LogP contribution in [-0.2, 0) is 0 Å². The molecule has 0 bridgehead atoms. The van der Waals surface area contributed by atoms with Gasteiger partial charge >= 0.3 is 0 Å². The van der Waals surface area contributed by atoms with Crippen LogP contribution in [0.4, 0.5) is 0 Å². The maximum absolute atomic E-state index is 11.9. The molecular weight excluding hydrogens is 259 g/mol. The number of hydrogen-bond donors (Lipinski definition) is 0. The van der Waals surface area contributed by atoms with Gasteiger partial charge in [-0.15, -0.1) is 0 Å². The molecule has 0 amide bonds. The Hall–Kier alpha value is -1.32. The molecule has 0 radical (unpaired) electrons. The van der Waals surface area contributed by atoms with Gasteiger partial charge in [0, 0.05) is 0 Å². The molecule has 0 aliphatic heterocycles. The molecule has 0 saturated heterocycles. The highest BCUT2D eigenvalue weighted by atomic mass is 35.5. The lowest BCUT2D eigenvalue weighted by atomic mass is 10.1. The van der Waals surface area contributed by atoms with E-state index in [1.165, 1.54) is 10.9 Å². The second kappa shape index (κ2) is 4.90. The van der Waals surface area contributed by atoms with Crippen molar-refractivity contribution in [3.63, 3.8) is 0 Å². The fourth-order valence-corrected chi connectivity index (χ4v) is 1.86. The third kappa shape index (κ3) is 2.35. The predicted octanol–water partition coefficient (Wildman–Crippen LogP) is 3.16. The Kier molecular flexibility index (Phi) is 3.50. The van der Waals surface area contributed by atoms with Crippen LogP contribution in [0.15, 0.2) is 41.5 Å². The van der Waals surface area contributed by atoms with Crippen molar-refractivity contribution >= 4 is 23.2 Å². The van der Waals surface area contributed by atoms with Gasteiger partial charge in [-0.1, -0.05) is 53.5 Å². The minimum Gasteiger partial charge on any atom is -0.291 e. The van der Waals surface area contributed by atoms with Crippen LogP contribution in [-0.4, -0.2) is 9.55 Å². The van der Waals surface area contributed by atoms with Crippen molar-refractivity contribution in [2.45, 2.75) is 13.0 Å². The zero-order valence-corrected chi connectivity index (χ0v) is 10.6. The highest BCUT2D eigenvalue weighted by Crippen LogP contribution is 2.18. The SMILES string of the molecule is CC(c1ccccc1)n1cnc(Cl)c(Cl)c1=O. The number of halogens is 2. The molecule has 1 aromatic heterocycles. The molecule has 0 aliphatic rings.